The van der Waals surface area contributed by atoms with Crippen molar-refractivity contribution in [3.8, 4) is 0 Å². The first kappa shape index (κ1) is 20.7. The van der Waals surface area contributed by atoms with Crippen LogP contribution in [0.15, 0.2) is 42.6 Å². The Morgan fingerprint density at radius 1 is 1.26 bits per heavy atom. The molecule has 0 aliphatic heterocycles. The van der Waals surface area contributed by atoms with Gasteiger partial charge in [-0.3, -0.25) is 4.98 Å². The first-order valence-corrected chi connectivity index (χ1v) is 9.07. The van der Waals surface area contributed by atoms with Gasteiger partial charge in [-0.2, -0.15) is 0 Å². The number of aliphatic hydroxyl groups excluding tert-OH is 1. The van der Waals surface area contributed by atoms with Gasteiger partial charge in [0.25, 0.3) is 0 Å². The quantitative estimate of drug-likeness (QED) is 0.759. The molecule has 0 fully saturated rings. The van der Waals surface area contributed by atoms with Crippen LogP contribution in [0.5, 0.6) is 0 Å². The second-order valence-corrected chi connectivity index (χ2v) is 7.61. The lowest BCUT2D eigenvalue weighted by Crippen LogP contribution is -2.40. The van der Waals surface area contributed by atoms with Gasteiger partial charge in [-0.05, 0) is 57.9 Å². The topological polar surface area (TPSA) is 88.7 Å². The van der Waals surface area contributed by atoms with Crippen molar-refractivity contribution in [2.45, 2.75) is 45.8 Å². The fourth-order valence-corrected chi connectivity index (χ4v) is 2.69. The number of nitrogens with two attached hydrogens (primary N) is 1. The number of carbonyl (C=O) groups is 1. The number of hydrogen-bond acceptors (Lipinski definition) is 5. The minimum atomic E-state index is -0.836. The van der Waals surface area contributed by atoms with Crippen LogP contribution in [-0.4, -0.2) is 39.8 Å². The van der Waals surface area contributed by atoms with Crippen LogP contribution in [0, 0.1) is 6.92 Å². The molecule has 1 aromatic carbocycles. The third-order valence-corrected chi connectivity index (χ3v) is 4.10. The molecule has 0 spiro atoms. The van der Waals surface area contributed by atoms with Crippen molar-refractivity contribution in [1.82, 2.24) is 9.88 Å². The van der Waals surface area contributed by atoms with Gasteiger partial charge in [0.1, 0.15) is 5.60 Å². The highest BCUT2D eigenvalue weighted by Crippen LogP contribution is 2.19. The molecule has 0 aliphatic carbocycles. The summed E-state index contributed by atoms with van der Waals surface area (Å²) in [4.78, 5) is 18.4. The number of benzene rings is 1. The third-order valence-electron chi connectivity index (χ3n) is 4.10. The van der Waals surface area contributed by atoms with Crippen LogP contribution in [0.25, 0.3) is 0 Å². The predicted molar refractivity (Wildman–Crippen MR) is 106 cm³/mol. The van der Waals surface area contributed by atoms with Crippen LogP contribution in [0.2, 0.25) is 0 Å². The largest absolute Gasteiger partial charge is 0.444 e. The van der Waals surface area contributed by atoms with Crippen LogP contribution in [0.1, 0.15) is 43.7 Å². The van der Waals surface area contributed by atoms with E-state index in [0.29, 0.717) is 24.2 Å². The molecule has 0 bridgehead atoms. The van der Waals surface area contributed by atoms with E-state index >= 15 is 0 Å². The van der Waals surface area contributed by atoms with Gasteiger partial charge in [0.05, 0.1) is 12.6 Å². The molecule has 1 heterocycles. The van der Waals surface area contributed by atoms with E-state index in [0.717, 1.165) is 11.3 Å². The molecule has 0 saturated heterocycles. The van der Waals surface area contributed by atoms with Crippen molar-refractivity contribution >= 4 is 11.8 Å². The Labute approximate surface area is 161 Å². The second kappa shape index (κ2) is 8.86. The van der Waals surface area contributed by atoms with Crippen LogP contribution >= 0.6 is 0 Å². The highest BCUT2D eigenvalue weighted by Gasteiger charge is 2.25. The summed E-state index contributed by atoms with van der Waals surface area (Å²) in [6.45, 7) is 7.87. The molecule has 1 atom stereocenters. The van der Waals surface area contributed by atoms with E-state index in [4.69, 9.17) is 10.5 Å². The number of aryl methyl sites for hydroxylation is 1. The van der Waals surface area contributed by atoms with Gasteiger partial charge >= 0.3 is 6.09 Å². The Hall–Kier alpha value is -2.60. The van der Waals surface area contributed by atoms with Crippen molar-refractivity contribution in [3.63, 3.8) is 0 Å². The molecule has 2 rings (SSSR count). The van der Waals surface area contributed by atoms with Gasteiger partial charge in [0.15, 0.2) is 0 Å². The number of rotatable bonds is 6. The maximum atomic E-state index is 12.6. The molecule has 146 valence electrons. The Bertz CT molecular complexity index is 754. The smallest absolute Gasteiger partial charge is 0.410 e. The van der Waals surface area contributed by atoms with Crippen molar-refractivity contribution in [2.24, 2.45) is 0 Å². The number of aromatic nitrogens is 1. The summed E-state index contributed by atoms with van der Waals surface area (Å²) in [5.41, 5.74) is 8.33. The zero-order chi connectivity index (χ0) is 20.0. The molecule has 0 saturated carbocycles. The lowest BCUT2D eigenvalue weighted by molar-refractivity contribution is 0.0146. The van der Waals surface area contributed by atoms with E-state index in [9.17, 15) is 9.90 Å². The van der Waals surface area contributed by atoms with Gasteiger partial charge in [-0.1, -0.05) is 18.2 Å². The number of nitrogen functional groups attached to an aromatic ring is 1. The molecule has 1 aromatic heterocycles. The van der Waals surface area contributed by atoms with Gasteiger partial charge < -0.3 is 20.5 Å². The highest BCUT2D eigenvalue weighted by atomic mass is 16.6. The second-order valence-electron chi connectivity index (χ2n) is 7.61. The average molecular weight is 371 g/mol. The van der Waals surface area contributed by atoms with E-state index in [1.165, 1.54) is 0 Å². The summed E-state index contributed by atoms with van der Waals surface area (Å²) >= 11 is 0. The number of hydrogen-bond donors (Lipinski definition) is 2. The number of nitrogens with zero attached hydrogens (tertiary/aromatic N) is 2. The number of amides is 1. The molecular formula is C21H29N3O3. The fraction of sp³-hybridized carbons (Fsp3) is 0.429. The molecule has 1 unspecified atom stereocenters. The van der Waals surface area contributed by atoms with E-state index < -0.39 is 17.8 Å². The van der Waals surface area contributed by atoms with Crippen molar-refractivity contribution in [2.75, 3.05) is 18.8 Å². The van der Waals surface area contributed by atoms with Crippen molar-refractivity contribution in [1.29, 1.82) is 0 Å². The van der Waals surface area contributed by atoms with E-state index in [1.54, 1.807) is 17.2 Å². The maximum Gasteiger partial charge on any atom is 0.410 e. The van der Waals surface area contributed by atoms with Gasteiger partial charge in [0.2, 0.25) is 0 Å². The maximum absolute atomic E-state index is 12.6. The Balaban J connectivity index is 2.12. The van der Waals surface area contributed by atoms with Crippen LogP contribution < -0.4 is 5.73 Å². The molecule has 27 heavy (non-hydrogen) atoms. The molecule has 0 radical (unpaired) electrons. The Morgan fingerprint density at radius 3 is 2.52 bits per heavy atom. The van der Waals surface area contributed by atoms with Crippen LogP contribution in [0.4, 0.5) is 10.5 Å². The van der Waals surface area contributed by atoms with Gasteiger partial charge in [-0.15, -0.1) is 0 Å². The number of aliphatic hydroxyl groups is 1. The number of ether oxygens (including phenoxy) is 1. The zero-order valence-corrected chi connectivity index (χ0v) is 16.5. The fourth-order valence-electron chi connectivity index (χ4n) is 2.69. The van der Waals surface area contributed by atoms with Gasteiger partial charge in [0, 0.05) is 29.7 Å². The minimum Gasteiger partial charge on any atom is -0.444 e. The zero-order valence-electron chi connectivity index (χ0n) is 16.5. The number of carbonyl (C=O) groups excluding carboxylic acids is 1. The number of pyridine rings is 1. The summed E-state index contributed by atoms with van der Waals surface area (Å²) in [6.07, 6.45) is 1.03. The van der Waals surface area contributed by atoms with Crippen LogP contribution in [0.3, 0.4) is 0 Å². The Kier molecular flexibility index (Phi) is 6.80. The summed E-state index contributed by atoms with van der Waals surface area (Å²) in [7, 11) is 0. The normalized spacial score (nSPS) is 12.5. The lowest BCUT2D eigenvalue weighted by atomic mass is 10.1. The van der Waals surface area contributed by atoms with Gasteiger partial charge in [-0.25, -0.2) is 4.79 Å². The SMILES string of the molecule is Cc1ncccc1C(O)CN(CCc1ccc(N)cc1)C(=O)OC(C)(C)C. The lowest BCUT2D eigenvalue weighted by Gasteiger charge is -2.29. The highest BCUT2D eigenvalue weighted by molar-refractivity contribution is 5.68. The predicted octanol–water partition coefficient (Wildman–Crippen LogP) is 3.49. The summed E-state index contributed by atoms with van der Waals surface area (Å²) in [5, 5.41) is 10.6. The standard InChI is InChI=1S/C21H29N3O3/c1-15-18(6-5-12-23-15)19(25)14-24(20(26)27-21(2,3)4)13-11-16-7-9-17(22)10-8-16/h5-10,12,19,25H,11,13-14,22H2,1-4H3. The van der Waals surface area contributed by atoms with E-state index in [2.05, 4.69) is 4.98 Å². The molecule has 2 aromatic rings. The van der Waals surface area contributed by atoms with E-state index in [1.807, 2.05) is 58.0 Å². The Morgan fingerprint density at radius 2 is 1.93 bits per heavy atom. The molecular weight excluding hydrogens is 342 g/mol. The third kappa shape index (κ3) is 6.57. The summed E-state index contributed by atoms with van der Waals surface area (Å²) < 4.78 is 5.51. The van der Waals surface area contributed by atoms with E-state index in [-0.39, 0.29) is 6.54 Å². The van der Waals surface area contributed by atoms with Crippen molar-refractivity contribution < 1.29 is 14.6 Å². The average Bonchev–Trinajstić information content (AvgIpc) is 2.58. The molecule has 0 aliphatic rings. The minimum absolute atomic E-state index is 0.135. The summed E-state index contributed by atoms with van der Waals surface area (Å²) in [6, 6.07) is 11.1. The number of anilines is 1. The monoisotopic (exact) mass is 371 g/mol. The van der Waals surface area contributed by atoms with Crippen molar-refractivity contribution in [3.05, 3.63) is 59.4 Å². The van der Waals surface area contributed by atoms with Crippen LogP contribution in [-0.2, 0) is 11.2 Å². The molecule has 3 N–H and O–H groups in total. The molecule has 1 amide bonds. The first-order chi connectivity index (χ1) is 12.7. The molecule has 6 heteroatoms. The molecule has 6 nitrogen and oxygen atoms in total. The first-order valence-electron chi connectivity index (χ1n) is 9.07. The summed E-state index contributed by atoms with van der Waals surface area (Å²) in [5.74, 6) is 0.